The minimum Gasteiger partial charge on any atom is -0.454 e. The predicted octanol–water partition coefficient (Wildman–Crippen LogP) is 6.78. The first-order valence-corrected chi connectivity index (χ1v) is 8.68. The Balaban J connectivity index is 1.77. The molecule has 0 spiro atoms. The molecule has 0 fully saturated rings. The first kappa shape index (κ1) is 17.6. The van der Waals surface area contributed by atoms with Crippen LogP contribution in [0.5, 0.6) is 0 Å². The van der Waals surface area contributed by atoms with Crippen LogP contribution in [0.2, 0.25) is 0 Å². The van der Waals surface area contributed by atoms with Gasteiger partial charge in [-0.05, 0) is 35.6 Å². The van der Waals surface area contributed by atoms with Crippen LogP contribution in [-0.2, 0) is 6.42 Å². The summed E-state index contributed by atoms with van der Waals surface area (Å²) in [4.78, 5) is 4.44. The maximum atomic E-state index is 13.2. The summed E-state index contributed by atoms with van der Waals surface area (Å²) in [6.07, 6.45) is -2.67. The summed E-state index contributed by atoms with van der Waals surface area (Å²) in [5, 5.41) is 2.68. The fraction of sp³-hybridized carbons (Fsp3) is 0.227. The molecule has 4 rings (SSSR count). The molecule has 0 aliphatic heterocycles. The zero-order valence-corrected chi connectivity index (χ0v) is 15.0. The van der Waals surface area contributed by atoms with Crippen molar-refractivity contribution in [3.63, 3.8) is 0 Å². The number of hydrogen-bond donors (Lipinski definition) is 0. The maximum Gasteiger partial charge on any atom is 0.394 e. The zero-order chi connectivity index (χ0) is 19.2. The second-order valence-electron chi connectivity index (χ2n) is 7.42. The van der Waals surface area contributed by atoms with Crippen LogP contribution < -0.4 is 0 Å². The van der Waals surface area contributed by atoms with Gasteiger partial charge < -0.3 is 4.42 Å². The lowest BCUT2D eigenvalue weighted by atomic mass is 9.84. The molecule has 0 unspecified atom stereocenters. The van der Waals surface area contributed by atoms with Crippen molar-refractivity contribution in [1.29, 1.82) is 0 Å². The molecular formula is C22H18F3NO. The number of alkyl halides is 3. The van der Waals surface area contributed by atoms with Gasteiger partial charge in [0.25, 0.3) is 0 Å². The zero-order valence-electron chi connectivity index (χ0n) is 15.0. The average Bonchev–Trinajstić information content (AvgIpc) is 3.03. The first-order valence-electron chi connectivity index (χ1n) is 8.68. The largest absolute Gasteiger partial charge is 0.454 e. The Morgan fingerprint density at radius 3 is 2.44 bits per heavy atom. The third kappa shape index (κ3) is 3.18. The van der Waals surface area contributed by atoms with Gasteiger partial charge in [-0.25, -0.2) is 0 Å². The van der Waals surface area contributed by atoms with E-state index in [0.29, 0.717) is 17.0 Å². The fourth-order valence-electron chi connectivity index (χ4n) is 3.24. The van der Waals surface area contributed by atoms with Crippen LogP contribution >= 0.6 is 0 Å². The fourth-order valence-corrected chi connectivity index (χ4v) is 3.24. The number of pyridine rings is 1. The van der Waals surface area contributed by atoms with Crippen molar-refractivity contribution in [3.8, 4) is 11.5 Å². The number of rotatable bonds is 3. The van der Waals surface area contributed by atoms with Crippen LogP contribution in [0.25, 0.3) is 33.2 Å². The van der Waals surface area contributed by atoms with E-state index in [-0.39, 0.29) is 6.42 Å². The lowest BCUT2D eigenvalue weighted by Crippen LogP contribution is -2.34. The van der Waals surface area contributed by atoms with E-state index < -0.39 is 11.6 Å². The summed E-state index contributed by atoms with van der Waals surface area (Å²) < 4.78 is 45.5. The number of benzene rings is 2. The summed E-state index contributed by atoms with van der Waals surface area (Å²) in [6, 6.07) is 16.8. The van der Waals surface area contributed by atoms with E-state index >= 15 is 0 Å². The van der Waals surface area contributed by atoms with Crippen molar-refractivity contribution in [2.75, 3.05) is 0 Å². The van der Waals surface area contributed by atoms with Gasteiger partial charge in [0.15, 0.2) is 5.76 Å². The van der Waals surface area contributed by atoms with Crippen molar-refractivity contribution in [3.05, 3.63) is 66.4 Å². The maximum absolute atomic E-state index is 13.2. The molecule has 2 nitrogen and oxygen atoms in total. The Morgan fingerprint density at radius 2 is 1.70 bits per heavy atom. The molecule has 5 heteroatoms. The van der Waals surface area contributed by atoms with E-state index in [1.165, 1.54) is 13.8 Å². The summed E-state index contributed by atoms with van der Waals surface area (Å²) >= 11 is 0. The summed E-state index contributed by atoms with van der Waals surface area (Å²) in [5.41, 5.74) is 0.321. The van der Waals surface area contributed by atoms with Gasteiger partial charge in [0.1, 0.15) is 11.3 Å². The molecule has 0 amide bonds. The van der Waals surface area contributed by atoms with Gasteiger partial charge in [0.2, 0.25) is 0 Å². The van der Waals surface area contributed by atoms with Crippen molar-refractivity contribution in [2.45, 2.75) is 26.4 Å². The van der Waals surface area contributed by atoms with E-state index in [0.717, 1.165) is 21.7 Å². The van der Waals surface area contributed by atoms with Gasteiger partial charge >= 0.3 is 6.18 Å². The van der Waals surface area contributed by atoms with Crippen LogP contribution in [0.3, 0.4) is 0 Å². The van der Waals surface area contributed by atoms with Gasteiger partial charge in [0.05, 0.1) is 5.41 Å². The number of furan rings is 1. The highest BCUT2D eigenvalue weighted by molar-refractivity contribution is 5.95. The van der Waals surface area contributed by atoms with Crippen LogP contribution in [0.1, 0.15) is 19.4 Å². The smallest absolute Gasteiger partial charge is 0.394 e. The number of para-hydroxylation sites is 1. The van der Waals surface area contributed by atoms with E-state index in [1.54, 1.807) is 18.3 Å². The Kier molecular flexibility index (Phi) is 3.98. The number of fused-ring (bicyclic) bond motifs is 2. The number of aromatic nitrogens is 1. The molecule has 0 aliphatic rings. The second kappa shape index (κ2) is 6.12. The van der Waals surface area contributed by atoms with E-state index in [9.17, 15) is 13.2 Å². The molecule has 0 aliphatic carbocycles. The lowest BCUT2D eigenvalue weighted by Gasteiger charge is -2.27. The van der Waals surface area contributed by atoms with Crippen molar-refractivity contribution in [1.82, 2.24) is 4.98 Å². The number of nitrogens with zero attached hydrogens (tertiary/aromatic N) is 1. The summed E-state index contributed by atoms with van der Waals surface area (Å²) in [6.45, 7) is 2.45. The third-order valence-electron chi connectivity index (χ3n) is 4.90. The van der Waals surface area contributed by atoms with Crippen LogP contribution in [0.4, 0.5) is 13.2 Å². The molecule has 0 radical (unpaired) electrons. The standard InChI is InChI=1S/C22H18F3NO/c1-21(2,22(23,24)25)13-14-7-8-17-15(11-14)9-10-26-20(17)19-12-16-5-3-4-6-18(16)27-19/h3-12H,13H2,1-2H3. The highest BCUT2D eigenvalue weighted by Gasteiger charge is 2.46. The molecule has 2 aromatic carbocycles. The van der Waals surface area contributed by atoms with E-state index in [4.69, 9.17) is 4.42 Å². The third-order valence-corrected chi connectivity index (χ3v) is 4.90. The van der Waals surface area contributed by atoms with Gasteiger partial charge in [-0.2, -0.15) is 13.2 Å². The molecular weight excluding hydrogens is 351 g/mol. The highest BCUT2D eigenvalue weighted by atomic mass is 19.4. The van der Waals surface area contributed by atoms with Crippen LogP contribution in [0.15, 0.2) is 65.2 Å². The first-order chi connectivity index (χ1) is 12.7. The number of halogens is 3. The van der Waals surface area contributed by atoms with Gasteiger partial charge in [-0.1, -0.05) is 50.2 Å². The van der Waals surface area contributed by atoms with Crippen molar-refractivity contribution in [2.24, 2.45) is 5.41 Å². The van der Waals surface area contributed by atoms with Crippen molar-refractivity contribution >= 4 is 21.7 Å². The Morgan fingerprint density at radius 1 is 0.926 bits per heavy atom. The molecule has 0 saturated carbocycles. The lowest BCUT2D eigenvalue weighted by molar-refractivity contribution is -0.211. The van der Waals surface area contributed by atoms with E-state index in [1.807, 2.05) is 42.5 Å². The van der Waals surface area contributed by atoms with Gasteiger partial charge in [-0.15, -0.1) is 0 Å². The second-order valence-corrected chi connectivity index (χ2v) is 7.42. The molecule has 0 atom stereocenters. The Labute approximate surface area is 154 Å². The molecule has 4 aromatic rings. The van der Waals surface area contributed by atoms with E-state index in [2.05, 4.69) is 4.98 Å². The normalized spacial score (nSPS) is 12.8. The van der Waals surface area contributed by atoms with Crippen molar-refractivity contribution < 1.29 is 17.6 Å². The molecule has 2 heterocycles. The highest BCUT2D eigenvalue weighted by Crippen LogP contribution is 2.41. The number of hydrogen-bond acceptors (Lipinski definition) is 2. The quantitative estimate of drug-likeness (QED) is 0.398. The predicted molar refractivity (Wildman–Crippen MR) is 100 cm³/mol. The molecule has 0 bridgehead atoms. The van der Waals surface area contributed by atoms with Gasteiger partial charge in [0, 0.05) is 17.0 Å². The summed E-state index contributed by atoms with van der Waals surface area (Å²) in [5.74, 6) is 0.644. The monoisotopic (exact) mass is 369 g/mol. The Hall–Kier alpha value is -2.82. The minimum absolute atomic E-state index is 0.0747. The molecule has 2 aromatic heterocycles. The SMILES string of the molecule is CC(C)(Cc1ccc2c(-c3cc4ccccc4o3)nccc2c1)C(F)(F)F. The molecule has 0 saturated heterocycles. The molecule has 0 N–H and O–H groups in total. The van der Waals surface area contributed by atoms with Crippen LogP contribution in [0, 0.1) is 5.41 Å². The minimum atomic E-state index is -4.25. The summed E-state index contributed by atoms with van der Waals surface area (Å²) in [7, 11) is 0. The molecule has 138 valence electrons. The molecule has 27 heavy (non-hydrogen) atoms. The van der Waals surface area contributed by atoms with Gasteiger partial charge in [-0.3, -0.25) is 4.98 Å². The topological polar surface area (TPSA) is 26.0 Å². The Bertz CT molecular complexity index is 1090. The average molecular weight is 369 g/mol. The van der Waals surface area contributed by atoms with Crippen LogP contribution in [-0.4, -0.2) is 11.2 Å².